The first-order chi connectivity index (χ1) is 10.1. The zero-order valence-corrected chi connectivity index (χ0v) is 12.8. The Balaban J connectivity index is 1.74. The minimum Gasteiger partial charge on any atom is -0.373 e. The fourth-order valence-electron chi connectivity index (χ4n) is 2.07. The Hall–Kier alpha value is -2.00. The average Bonchev–Trinajstić information content (AvgIpc) is 2.48. The summed E-state index contributed by atoms with van der Waals surface area (Å²) >= 11 is 5.90. The van der Waals surface area contributed by atoms with Crippen LogP contribution in [-0.2, 0) is 11.2 Å². The van der Waals surface area contributed by atoms with E-state index in [0.717, 1.165) is 17.8 Å². The zero-order chi connectivity index (χ0) is 15.1. The number of carbonyl (C=O) groups is 1. The number of anilines is 1. The summed E-state index contributed by atoms with van der Waals surface area (Å²) in [5.74, 6) is 0.0127. The van der Waals surface area contributed by atoms with E-state index in [4.69, 9.17) is 11.6 Å². The third kappa shape index (κ3) is 5.12. The Morgan fingerprint density at radius 1 is 1.14 bits per heavy atom. The highest BCUT2D eigenvalue weighted by Crippen LogP contribution is 2.11. The summed E-state index contributed by atoms with van der Waals surface area (Å²) in [5.41, 5.74) is 2.07. The molecule has 110 valence electrons. The number of benzene rings is 2. The van der Waals surface area contributed by atoms with E-state index in [1.165, 1.54) is 0 Å². The van der Waals surface area contributed by atoms with E-state index in [2.05, 4.69) is 10.2 Å². The lowest BCUT2D eigenvalue weighted by Crippen LogP contribution is -2.33. The number of nitrogens with zero attached hydrogens (tertiary/aromatic N) is 1. The fourth-order valence-corrected chi connectivity index (χ4v) is 2.28. The normalized spacial score (nSPS) is 10.2. The van der Waals surface area contributed by atoms with Gasteiger partial charge >= 0.3 is 0 Å². The van der Waals surface area contributed by atoms with Gasteiger partial charge in [-0.25, -0.2) is 0 Å². The maximum absolute atomic E-state index is 11.9. The predicted molar refractivity (Wildman–Crippen MR) is 87.9 cm³/mol. The molecular weight excluding hydrogens is 284 g/mol. The molecule has 0 saturated carbocycles. The first kappa shape index (κ1) is 15.4. The molecule has 0 radical (unpaired) electrons. The van der Waals surface area contributed by atoms with E-state index >= 15 is 0 Å². The van der Waals surface area contributed by atoms with Gasteiger partial charge in [0, 0.05) is 30.8 Å². The molecule has 0 aromatic heterocycles. The van der Waals surface area contributed by atoms with E-state index in [0.29, 0.717) is 18.0 Å². The Morgan fingerprint density at radius 3 is 2.62 bits per heavy atom. The molecule has 0 heterocycles. The van der Waals surface area contributed by atoms with Crippen LogP contribution < -0.4 is 10.2 Å². The number of hydrogen-bond acceptors (Lipinski definition) is 2. The molecule has 4 heteroatoms. The van der Waals surface area contributed by atoms with Crippen LogP contribution in [0.15, 0.2) is 54.6 Å². The summed E-state index contributed by atoms with van der Waals surface area (Å²) < 4.78 is 0. The lowest BCUT2D eigenvalue weighted by molar-refractivity contribution is -0.120. The lowest BCUT2D eigenvalue weighted by Gasteiger charge is -2.19. The molecule has 0 spiro atoms. The molecule has 2 aromatic rings. The van der Waals surface area contributed by atoms with Crippen LogP contribution in [0.1, 0.15) is 5.56 Å². The van der Waals surface area contributed by atoms with Crippen molar-refractivity contribution in [1.82, 2.24) is 5.32 Å². The molecule has 2 rings (SSSR count). The van der Waals surface area contributed by atoms with Gasteiger partial charge in [-0.3, -0.25) is 4.79 Å². The Kier molecular flexibility index (Phi) is 5.64. The number of halogens is 1. The molecule has 0 aliphatic rings. The van der Waals surface area contributed by atoms with Crippen molar-refractivity contribution in [1.29, 1.82) is 0 Å². The highest BCUT2D eigenvalue weighted by Gasteiger charge is 2.04. The van der Waals surface area contributed by atoms with Gasteiger partial charge in [0.25, 0.3) is 0 Å². The Labute approximate surface area is 130 Å². The van der Waals surface area contributed by atoms with Crippen LogP contribution in [0.5, 0.6) is 0 Å². The predicted octanol–water partition coefficient (Wildman–Crippen LogP) is 3.14. The lowest BCUT2D eigenvalue weighted by atomic mass is 10.1. The summed E-state index contributed by atoms with van der Waals surface area (Å²) in [6.07, 6.45) is 0.357. The third-order valence-electron chi connectivity index (χ3n) is 3.22. The van der Waals surface area contributed by atoms with Gasteiger partial charge < -0.3 is 10.2 Å². The molecule has 0 unspecified atom stereocenters. The number of rotatable bonds is 6. The monoisotopic (exact) mass is 302 g/mol. The van der Waals surface area contributed by atoms with Crippen molar-refractivity contribution >= 4 is 23.2 Å². The number of carbonyl (C=O) groups excluding carboxylic acids is 1. The summed E-state index contributed by atoms with van der Waals surface area (Å²) in [4.78, 5) is 14.0. The highest BCUT2D eigenvalue weighted by atomic mass is 35.5. The SMILES string of the molecule is CN(CCNC(=O)Cc1cccc(Cl)c1)c1ccccc1. The average molecular weight is 303 g/mol. The van der Waals surface area contributed by atoms with Gasteiger partial charge in [-0.2, -0.15) is 0 Å². The summed E-state index contributed by atoms with van der Waals surface area (Å²) in [6, 6.07) is 17.5. The van der Waals surface area contributed by atoms with Crippen LogP contribution in [0, 0.1) is 0 Å². The van der Waals surface area contributed by atoms with Crippen molar-refractivity contribution in [2.24, 2.45) is 0 Å². The second-order valence-corrected chi connectivity index (χ2v) is 5.35. The second kappa shape index (κ2) is 7.70. The van der Waals surface area contributed by atoms with Gasteiger partial charge in [-0.1, -0.05) is 41.9 Å². The van der Waals surface area contributed by atoms with Gasteiger partial charge in [-0.15, -0.1) is 0 Å². The van der Waals surface area contributed by atoms with E-state index < -0.39 is 0 Å². The zero-order valence-electron chi connectivity index (χ0n) is 12.1. The van der Waals surface area contributed by atoms with Crippen LogP contribution in [0.2, 0.25) is 5.02 Å². The molecule has 2 aromatic carbocycles. The van der Waals surface area contributed by atoms with Crippen molar-refractivity contribution in [2.75, 3.05) is 25.0 Å². The molecule has 0 atom stereocenters. The standard InChI is InChI=1S/C17H19ClN2O/c1-20(16-8-3-2-4-9-16)11-10-19-17(21)13-14-6-5-7-15(18)12-14/h2-9,12H,10-11,13H2,1H3,(H,19,21). The van der Waals surface area contributed by atoms with Crippen LogP contribution >= 0.6 is 11.6 Å². The number of para-hydroxylation sites is 1. The minimum atomic E-state index is 0.0127. The highest BCUT2D eigenvalue weighted by molar-refractivity contribution is 6.30. The largest absolute Gasteiger partial charge is 0.373 e. The van der Waals surface area contributed by atoms with E-state index in [1.54, 1.807) is 6.07 Å². The Bertz CT molecular complexity index is 586. The van der Waals surface area contributed by atoms with Crippen molar-refractivity contribution in [3.63, 3.8) is 0 Å². The van der Waals surface area contributed by atoms with Crippen LogP contribution in [0.25, 0.3) is 0 Å². The molecule has 21 heavy (non-hydrogen) atoms. The maximum Gasteiger partial charge on any atom is 0.224 e. The van der Waals surface area contributed by atoms with Crippen LogP contribution in [0.3, 0.4) is 0 Å². The van der Waals surface area contributed by atoms with Gasteiger partial charge in [0.1, 0.15) is 0 Å². The quantitative estimate of drug-likeness (QED) is 0.889. The van der Waals surface area contributed by atoms with Crippen LogP contribution in [0.4, 0.5) is 5.69 Å². The van der Waals surface area contributed by atoms with Crippen molar-refractivity contribution in [2.45, 2.75) is 6.42 Å². The first-order valence-electron chi connectivity index (χ1n) is 6.92. The summed E-state index contributed by atoms with van der Waals surface area (Å²) in [7, 11) is 2.01. The number of likely N-dealkylation sites (N-methyl/N-ethyl adjacent to an activating group) is 1. The molecule has 1 amide bonds. The molecule has 0 aliphatic heterocycles. The molecule has 0 aliphatic carbocycles. The number of amides is 1. The topological polar surface area (TPSA) is 32.3 Å². The van der Waals surface area contributed by atoms with Crippen LogP contribution in [-0.4, -0.2) is 26.0 Å². The molecule has 3 nitrogen and oxygen atoms in total. The minimum absolute atomic E-state index is 0.0127. The summed E-state index contributed by atoms with van der Waals surface area (Å²) in [5, 5.41) is 3.58. The van der Waals surface area contributed by atoms with Gasteiger partial charge in [0.05, 0.1) is 6.42 Å². The van der Waals surface area contributed by atoms with Crippen molar-refractivity contribution < 1.29 is 4.79 Å². The van der Waals surface area contributed by atoms with Crippen molar-refractivity contribution in [3.05, 3.63) is 65.2 Å². The third-order valence-corrected chi connectivity index (χ3v) is 3.46. The first-order valence-corrected chi connectivity index (χ1v) is 7.30. The molecular formula is C17H19ClN2O. The summed E-state index contributed by atoms with van der Waals surface area (Å²) in [6.45, 7) is 1.39. The van der Waals surface area contributed by atoms with E-state index in [-0.39, 0.29) is 5.91 Å². The second-order valence-electron chi connectivity index (χ2n) is 4.91. The van der Waals surface area contributed by atoms with Gasteiger partial charge in [0.15, 0.2) is 0 Å². The van der Waals surface area contributed by atoms with Crippen molar-refractivity contribution in [3.8, 4) is 0 Å². The van der Waals surface area contributed by atoms with E-state index in [9.17, 15) is 4.79 Å². The number of hydrogen-bond donors (Lipinski definition) is 1. The molecule has 0 fully saturated rings. The molecule has 0 saturated heterocycles. The maximum atomic E-state index is 11.9. The number of nitrogens with one attached hydrogen (secondary N) is 1. The van der Waals surface area contributed by atoms with E-state index in [1.807, 2.05) is 55.6 Å². The fraction of sp³-hybridized carbons (Fsp3) is 0.235. The molecule has 1 N–H and O–H groups in total. The smallest absolute Gasteiger partial charge is 0.224 e. The molecule has 0 bridgehead atoms. The van der Waals surface area contributed by atoms with Gasteiger partial charge in [-0.05, 0) is 29.8 Å². The van der Waals surface area contributed by atoms with Gasteiger partial charge in [0.2, 0.25) is 5.91 Å². The Morgan fingerprint density at radius 2 is 1.90 bits per heavy atom.